The second-order valence-corrected chi connectivity index (χ2v) is 5.48. The van der Waals surface area contributed by atoms with E-state index in [1.165, 1.54) is 13.4 Å². The zero-order valence-corrected chi connectivity index (χ0v) is 14.4. The third kappa shape index (κ3) is 4.30. The van der Waals surface area contributed by atoms with E-state index in [0.29, 0.717) is 22.4 Å². The van der Waals surface area contributed by atoms with E-state index in [0.717, 1.165) is 0 Å². The lowest BCUT2D eigenvalue weighted by atomic mass is 10.1. The number of hydrogen-bond donors (Lipinski definition) is 1. The Labute approximate surface area is 154 Å². The number of fused-ring (bicyclic) bond motifs is 1. The summed E-state index contributed by atoms with van der Waals surface area (Å²) in [7, 11) is 1.21. The Hall–Kier alpha value is -3.68. The smallest absolute Gasteiger partial charge is 0.339 e. The van der Waals surface area contributed by atoms with Gasteiger partial charge in [0.05, 0.1) is 24.5 Å². The SMILES string of the molecule is COC(=O)CNC(=O)COC(=O)c1cc(-c2ccco2)nc2ccccc12. The van der Waals surface area contributed by atoms with Crippen molar-refractivity contribution in [3.05, 3.63) is 54.3 Å². The van der Waals surface area contributed by atoms with Gasteiger partial charge < -0.3 is 19.2 Å². The molecule has 3 aromatic rings. The Bertz CT molecular complexity index is 981. The zero-order chi connectivity index (χ0) is 19.2. The molecule has 0 aliphatic heterocycles. The number of esters is 2. The van der Waals surface area contributed by atoms with Crippen molar-refractivity contribution in [1.29, 1.82) is 0 Å². The van der Waals surface area contributed by atoms with Crippen LogP contribution in [-0.2, 0) is 19.1 Å². The van der Waals surface area contributed by atoms with Gasteiger partial charge in [-0.2, -0.15) is 0 Å². The number of furan rings is 1. The Kier molecular flexibility index (Phi) is 5.46. The number of aromatic nitrogens is 1. The van der Waals surface area contributed by atoms with Gasteiger partial charge in [-0.15, -0.1) is 0 Å². The van der Waals surface area contributed by atoms with Crippen LogP contribution in [0.4, 0.5) is 0 Å². The number of carbonyl (C=O) groups is 3. The number of nitrogens with zero attached hydrogens (tertiary/aromatic N) is 1. The number of methoxy groups -OCH3 is 1. The van der Waals surface area contributed by atoms with Crippen LogP contribution in [-0.4, -0.2) is 43.1 Å². The third-order valence-electron chi connectivity index (χ3n) is 3.70. The molecule has 0 fully saturated rings. The Morgan fingerprint density at radius 2 is 1.96 bits per heavy atom. The maximum Gasteiger partial charge on any atom is 0.339 e. The number of pyridine rings is 1. The largest absolute Gasteiger partial charge is 0.468 e. The van der Waals surface area contributed by atoms with E-state index >= 15 is 0 Å². The first-order valence-corrected chi connectivity index (χ1v) is 8.03. The molecule has 8 heteroatoms. The molecule has 1 aromatic carbocycles. The van der Waals surface area contributed by atoms with Crippen LogP contribution in [0, 0.1) is 0 Å². The molecular weight excluding hydrogens is 352 g/mol. The van der Waals surface area contributed by atoms with Gasteiger partial charge in [0.2, 0.25) is 0 Å². The predicted octanol–water partition coefficient (Wildman–Crippen LogP) is 1.94. The van der Waals surface area contributed by atoms with Crippen LogP contribution >= 0.6 is 0 Å². The Morgan fingerprint density at radius 1 is 1.15 bits per heavy atom. The van der Waals surface area contributed by atoms with Crippen molar-refractivity contribution in [2.45, 2.75) is 0 Å². The molecule has 0 atom stereocenters. The molecule has 2 aromatic heterocycles. The average molecular weight is 368 g/mol. The molecule has 0 bridgehead atoms. The first-order chi connectivity index (χ1) is 13.1. The molecule has 2 heterocycles. The van der Waals surface area contributed by atoms with Crippen LogP contribution in [0.1, 0.15) is 10.4 Å². The van der Waals surface area contributed by atoms with E-state index in [-0.39, 0.29) is 12.1 Å². The molecule has 0 aliphatic rings. The van der Waals surface area contributed by atoms with E-state index in [1.807, 2.05) is 0 Å². The number of para-hydroxylation sites is 1. The number of rotatable bonds is 6. The maximum absolute atomic E-state index is 12.5. The number of benzene rings is 1. The molecule has 0 saturated heterocycles. The van der Waals surface area contributed by atoms with E-state index in [4.69, 9.17) is 9.15 Å². The lowest BCUT2D eigenvalue weighted by Gasteiger charge is -2.09. The van der Waals surface area contributed by atoms with Crippen LogP contribution in [0.3, 0.4) is 0 Å². The molecule has 0 radical (unpaired) electrons. The molecule has 138 valence electrons. The first-order valence-electron chi connectivity index (χ1n) is 8.03. The van der Waals surface area contributed by atoms with E-state index in [9.17, 15) is 14.4 Å². The molecule has 3 rings (SSSR count). The molecular formula is C19H16N2O6. The summed E-state index contributed by atoms with van der Waals surface area (Å²) in [5, 5.41) is 2.88. The van der Waals surface area contributed by atoms with Gasteiger partial charge in [-0.1, -0.05) is 18.2 Å². The fourth-order valence-electron chi connectivity index (χ4n) is 2.40. The fraction of sp³-hybridized carbons (Fsp3) is 0.158. The highest BCUT2D eigenvalue weighted by molar-refractivity contribution is 6.05. The van der Waals surface area contributed by atoms with Gasteiger partial charge in [0.15, 0.2) is 12.4 Å². The van der Waals surface area contributed by atoms with Gasteiger partial charge in [-0.25, -0.2) is 9.78 Å². The van der Waals surface area contributed by atoms with Gasteiger partial charge in [-0.05, 0) is 24.3 Å². The number of hydrogen-bond acceptors (Lipinski definition) is 7. The molecule has 27 heavy (non-hydrogen) atoms. The van der Waals surface area contributed by atoms with Crippen molar-refractivity contribution in [2.75, 3.05) is 20.3 Å². The first kappa shape index (κ1) is 18.1. The summed E-state index contributed by atoms with van der Waals surface area (Å²) in [5.41, 5.74) is 1.32. The molecule has 8 nitrogen and oxygen atoms in total. The fourth-order valence-corrected chi connectivity index (χ4v) is 2.40. The molecule has 1 N–H and O–H groups in total. The van der Waals surface area contributed by atoms with Crippen LogP contribution in [0.5, 0.6) is 0 Å². The zero-order valence-electron chi connectivity index (χ0n) is 14.4. The molecule has 0 unspecified atom stereocenters. The highest BCUT2D eigenvalue weighted by Crippen LogP contribution is 2.25. The predicted molar refractivity (Wildman–Crippen MR) is 94.8 cm³/mol. The average Bonchev–Trinajstić information content (AvgIpc) is 3.24. The van der Waals surface area contributed by atoms with Gasteiger partial charge in [0.1, 0.15) is 12.2 Å². The second kappa shape index (κ2) is 8.13. The normalized spacial score (nSPS) is 10.4. The minimum atomic E-state index is -0.686. The number of carbonyl (C=O) groups excluding carboxylic acids is 3. The topological polar surface area (TPSA) is 108 Å². The summed E-state index contributed by atoms with van der Waals surface area (Å²) >= 11 is 0. The van der Waals surface area contributed by atoms with E-state index in [2.05, 4.69) is 15.0 Å². The molecule has 0 spiro atoms. The third-order valence-corrected chi connectivity index (χ3v) is 3.70. The maximum atomic E-state index is 12.5. The van der Waals surface area contributed by atoms with Crippen molar-refractivity contribution in [3.63, 3.8) is 0 Å². The highest BCUT2D eigenvalue weighted by atomic mass is 16.5. The summed E-state index contributed by atoms with van der Waals surface area (Å²) in [6.45, 7) is -0.823. The van der Waals surface area contributed by atoms with Crippen molar-refractivity contribution < 1.29 is 28.3 Å². The Balaban J connectivity index is 1.79. The van der Waals surface area contributed by atoms with Crippen molar-refractivity contribution >= 4 is 28.7 Å². The van der Waals surface area contributed by atoms with Crippen LogP contribution < -0.4 is 5.32 Å². The monoisotopic (exact) mass is 368 g/mol. The Morgan fingerprint density at radius 3 is 2.70 bits per heavy atom. The number of amides is 1. The van der Waals surface area contributed by atoms with E-state index in [1.54, 1.807) is 42.5 Å². The van der Waals surface area contributed by atoms with E-state index < -0.39 is 24.5 Å². The lowest BCUT2D eigenvalue weighted by Crippen LogP contribution is -2.33. The minimum absolute atomic E-state index is 0.257. The summed E-state index contributed by atoms with van der Waals surface area (Å²) in [6, 6.07) is 12.1. The van der Waals surface area contributed by atoms with Crippen molar-refractivity contribution in [1.82, 2.24) is 10.3 Å². The van der Waals surface area contributed by atoms with Gasteiger partial charge in [-0.3, -0.25) is 9.59 Å². The quantitative estimate of drug-likeness (QED) is 0.663. The van der Waals surface area contributed by atoms with Gasteiger partial charge in [0, 0.05) is 5.39 Å². The number of ether oxygens (including phenoxy) is 2. The molecule has 1 amide bonds. The van der Waals surface area contributed by atoms with Crippen LogP contribution in [0.2, 0.25) is 0 Å². The standard InChI is InChI=1S/C19H16N2O6/c1-25-18(23)10-20-17(22)11-27-19(24)13-9-15(16-7-4-8-26-16)21-14-6-3-2-5-12(13)14/h2-9H,10-11H2,1H3,(H,20,22). The summed E-state index contributed by atoms with van der Waals surface area (Å²) in [6.07, 6.45) is 1.51. The minimum Gasteiger partial charge on any atom is -0.468 e. The van der Waals surface area contributed by atoms with Crippen molar-refractivity contribution in [3.8, 4) is 11.5 Å². The summed E-state index contributed by atoms with van der Waals surface area (Å²) in [4.78, 5) is 39.7. The molecule has 0 aliphatic carbocycles. The number of nitrogens with one attached hydrogen (secondary N) is 1. The second-order valence-electron chi connectivity index (χ2n) is 5.48. The van der Waals surface area contributed by atoms with Gasteiger partial charge in [0.25, 0.3) is 5.91 Å². The highest BCUT2D eigenvalue weighted by Gasteiger charge is 2.17. The van der Waals surface area contributed by atoms with Crippen LogP contribution in [0.25, 0.3) is 22.4 Å². The van der Waals surface area contributed by atoms with Crippen molar-refractivity contribution in [2.24, 2.45) is 0 Å². The molecule has 0 saturated carbocycles. The lowest BCUT2D eigenvalue weighted by molar-refractivity contribution is -0.141. The summed E-state index contributed by atoms with van der Waals surface area (Å²) < 4.78 is 14.8. The van der Waals surface area contributed by atoms with Gasteiger partial charge >= 0.3 is 11.9 Å². The van der Waals surface area contributed by atoms with Crippen LogP contribution in [0.15, 0.2) is 53.1 Å². The summed E-state index contributed by atoms with van der Waals surface area (Å²) in [5.74, 6) is -1.39.